The fourth-order valence-electron chi connectivity index (χ4n) is 2.21. The van der Waals surface area contributed by atoms with Crippen molar-refractivity contribution in [2.75, 3.05) is 18.7 Å². The highest BCUT2D eigenvalue weighted by Gasteiger charge is 2.17. The zero-order chi connectivity index (χ0) is 13.5. The quantitative estimate of drug-likeness (QED) is 0.717. The Morgan fingerprint density at radius 1 is 1.10 bits per heavy atom. The van der Waals surface area contributed by atoms with Gasteiger partial charge in [0.2, 0.25) is 6.79 Å². The third-order valence-electron chi connectivity index (χ3n) is 3.30. The molecular formula is C15H12N2O2S. The Labute approximate surface area is 120 Å². The first kappa shape index (κ1) is 11.5. The molecule has 0 bridgehead atoms. The van der Waals surface area contributed by atoms with E-state index in [1.54, 1.807) is 11.3 Å². The summed E-state index contributed by atoms with van der Waals surface area (Å²) in [6.45, 7) is 0.295. The van der Waals surface area contributed by atoms with Crippen LogP contribution in [0.4, 0.5) is 10.8 Å². The van der Waals surface area contributed by atoms with Crippen LogP contribution in [0.25, 0.3) is 10.2 Å². The Hall–Kier alpha value is -2.27. The van der Waals surface area contributed by atoms with E-state index in [0.717, 1.165) is 32.5 Å². The zero-order valence-corrected chi connectivity index (χ0v) is 11.7. The molecule has 1 aromatic heterocycles. The standard InChI is InChI=1S/C15H12N2O2S/c1-17(10-5-3-2-4-6-10)15-16-11-7-12-13(19-9-18-12)8-14(11)20-15/h2-8H,9H2,1H3. The van der Waals surface area contributed by atoms with E-state index in [4.69, 9.17) is 9.47 Å². The lowest BCUT2D eigenvalue weighted by Gasteiger charge is -2.15. The second-order valence-electron chi connectivity index (χ2n) is 4.56. The number of nitrogens with zero attached hydrogens (tertiary/aromatic N) is 2. The average molecular weight is 284 g/mol. The van der Waals surface area contributed by atoms with Crippen LogP contribution in [-0.2, 0) is 0 Å². The number of aromatic nitrogens is 1. The van der Waals surface area contributed by atoms with E-state index in [-0.39, 0.29) is 0 Å². The van der Waals surface area contributed by atoms with E-state index in [1.807, 2.05) is 37.4 Å². The summed E-state index contributed by atoms with van der Waals surface area (Å²) in [7, 11) is 2.02. The maximum absolute atomic E-state index is 5.40. The van der Waals surface area contributed by atoms with Crippen molar-refractivity contribution < 1.29 is 9.47 Å². The first-order valence-corrected chi connectivity index (χ1v) is 7.12. The van der Waals surface area contributed by atoms with E-state index >= 15 is 0 Å². The largest absolute Gasteiger partial charge is 0.454 e. The fraction of sp³-hybridized carbons (Fsp3) is 0.133. The number of benzene rings is 2. The molecule has 0 fully saturated rings. The van der Waals surface area contributed by atoms with Gasteiger partial charge < -0.3 is 14.4 Å². The topological polar surface area (TPSA) is 34.6 Å². The highest BCUT2D eigenvalue weighted by molar-refractivity contribution is 7.22. The minimum atomic E-state index is 0.295. The number of hydrogen-bond donors (Lipinski definition) is 0. The molecule has 0 aliphatic carbocycles. The van der Waals surface area contributed by atoms with Crippen LogP contribution in [0.5, 0.6) is 11.5 Å². The lowest BCUT2D eigenvalue weighted by molar-refractivity contribution is 0.174. The van der Waals surface area contributed by atoms with Crippen LogP contribution in [0.2, 0.25) is 0 Å². The molecule has 4 rings (SSSR count). The monoisotopic (exact) mass is 284 g/mol. The average Bonchev–Trinajstić information content (AvgIpc) is 3.10. The van der Waals surface area contributed by atoms with Crippen molar-refractivity contribution in [3.8, 4) is 11.5 Å². The van der Waals surface area contributed by atoms with Crippen molar-refractivity contribution >= 4 is 32.4 Å². The van der Waals surface area contributed by atoms with E-state index in [2.05, 4.69) is 22.0 Å². The van der Waals surface area contributed by atoms with Crippen LogP contribution >= 0.6 is 11.3 Å². The molecule has 0 radical (unpaired) electrons. The van der Waals surface area contributed by atoms with Crippen LogP contribution in [0, 0.1) is 0 Å². The van der Waals surface area contributed by atoms with Crippen molar-refractivity contribution in [3.05, 3.63) is 42.5 Å². The molecule has 0 unspecified atom stereocenters. The lowest BCUT2D eigenvalue weighted by Crippen LogP contribution is -2.08. The SMILES string of the molecule is CN(c1ccccc1)c1nc2cc3c(cc2s1)OCO3. The third-order valence-corrected chi connectivity index (χ3v) is 4.40. The lowest BCUT2D eigenvalue weighted by atomic mass is 10.3. The summed E-state index contributed by atoms with van der Waals surface area (Å²) in [4.78, 5) is 6.76. The van der Waals surface area contributed by atoms with Gasteiger partial charge in [0.15, 0.2) is 16.6 Å². The predicted octanol–water partition coefficient (Wildman–Crippen LogP) is 3.79. The van der Waals surface area contributed by atoms with Crippen molar-refractivity contribution in [1.29, 1.82) is 0 Å². The molecule has 1 aliphatic rings. The van der Waals surface area contributed by atoms with E-state index in [1.165, 1.54) is 0 Å². The van der Waals surface area contributed by atoms with Gasteiger partial charge in [0, 0.05) is 24.9 Å². The first-order valence-electron chi connectivity index (χ1n) is 6.30. The van der Waals surface area contributed by atoms with Gasteiger partial charge in [-0.25, -0.2) is 4.98 Å². The smallest absolute Gasteiger partial charge is 0.231 e. The Kier molecular flexibility index (Phi) is 2.53. The molecular weight excluding hydrogens is 272 g/mol. The normalized spacial score (nSPS) is 12.8. The molecule has 1 aliphatic heterocycles. The number of anilines is 2. The van der Waals surface area contributed by atoms with Crippen LogP contribution in [0.15, 0.2) is 42.5 Å². The van der Waals surface area contributed by atoms with Gasteiger partial charge in [0.05, 0.1) is 10.2 Å². The van der Waals surface area contributed by atoms with Crippen molar-refractivity contribution in [2.24, 2.45) is 0 Å². The van der Waals surface area contributed by atoms with Gasteiger partial charge in [-0.3, -0.25) is 0 Å². The van der Waals surface area contributed by atoms with Crippen molar-refractivity contribution in [3.63, 3.8) is 0 Å². The molecule has 0 saturated heterocycles. The molecule has 3 aromatic rings. The molecule has 0 amide bonds. The zero-order valence-electron chi connectivity index (χ0n) is 10.9. The Balaban J connectivity index is 1.78. The van der Waals surface area contributed by atoms with Crippen molar-refractivity contribution in [1.82, 2.24) is 4.98 Å². The summed E-state index contributed by atoms with van der Waals surface area (Å²) in [6, 6.07) is 14.1. The molecule has 100 valence electrons. The second kappa shape index (κ2) is 4.38. The van der Waals surface area contributed by atoms with E-state index in [0.29, 0.717) is 6.79 Å². The molecule has 0 N–H and O–H groups in total. The Bertz CT molecular complexity index is 729. The highest BCUT2D eigenvalue weighted by Crippen LogP contribution is 2.40. The second-order valence-corrected chi connectivity index (χ2v) is 5.57. The summed E-state index contributed by atoms with van der Waals surface area (Å²) in [6.07, 6.45) is 0. The van der Waals surface area contributed by atoms with E-state index < -0.39 is 0 Å². The fourth-order valence-corrected chi connectivity index (χ4v) is 3.17. The Morgan fingerprint density at radius 3 is 2.65 bits per heavy atom. The maximum Gasteiger partial charge on any atom is 0.231 e. The number of thiazole rings is 1. The minimum absolute atomic E-state index is 0.295. The van der Waals surface area contributed by atoms with Gasteiger partial charge in [0.25, 0.3) is 0 Å². The summed E-state index contributed by atoms with van der Waals surface area (Å²) >= 11 is 1.65. The predicted molar refractivity (Wildman–Crippen MR) is 80.2 cm³/mol. The van der Waals surface area contributed by atoms with Crippen LogP contribution < -0.4 is 14.4 Å². The Morgan fingerprint density at radius 2 is 1.85 bits per heavy atom. The molecule has 2 aromatic carbocycles. The van der Waals surface area contributed by atoms with Gasteiger partial charge in [-0.05, 0) is 12.1 Å². The third kappa shape index (κ3) is 1.78. The summed E-state index contributed by atoms with van der Waals surface area (Å²) in [5.74, 6) is 1.58. The van der Waals surface area contributed by atoms with Gasteiger partial charge in [-0.2, -0.15) is 0 Å². The molecule has 0 spiro atoms. The minimum Gasteiger partial charge on any atom is -0.454 e. The molecule has 4 nitrogen and oxygen atoms in total. The maximum atomic E-state index is 5.40. The van der Waals surface area contributed by atoms with Gasteiger partial charge in [-0.1, -0.05) is 29.5 Å². The molecule has 5 heteroatoms. The molecule has 2 heterocycles. The number of ether oxygens (including phenoxy) is 2. The van der Waals surface area contributed by atoms with Gasteiger partial charge in [0.1, 0.15) is 0 Å². The number of para-hydroxylation sites is 1. The van der Waals surface area contributed by atoms with Crippen LogP contribution in [0.3, 0.4) is 0 Å². The summed E-state index contributed by atoms with van der Waals surface area (Å²) < 4.78 is 11.9. The molecule has 0 saturated carbocycles. The number of hydrogen-bond acceptors (Lipinski definition) is 5. The van der Waals surface area contributed by atoms with Gasteiger partial charge in [-0.15, -0.1) is 0 Å². The summed E-state index contributed by atoms with van der Waals surface area (Å²) in [5.41, 5.74) is 2.06. The molecule has 0 atom stereocenters. The molecule has 20 heavy (non-hydrogen) atoms. The van der Waals surface area contributed by atoms with Crippen molar-refractivity contribution in [2.45, 2.75) is 0 Å². The summed E-state index contributed by atoms with van der Waals surface area (Å²) in [5, 5.41) is 0.954. The van der Waals surface area contributed by atoms with E-state index in [9.17, 15) is 0 Å². The van der Waals surface area contributed by atoms with Crippen LogP contribution in [-0.4, -0.2) is 18.8 Å². The first-order chi connectivity index (χ1) is 9.81. The van der Waals surface area contributed by atoms with Crippen LogP contribution in [0.1, 0.15) is 0 Å². The number of rotatable bonds is 2. The number of fused-ring (bicyclic) bond motifs is 2. The highest BCUT2D eigenvalue weighted by atomic mass is 32.1. The van der Waals surface area contributed by atoms with Gasteiger partial charge >= 0.3 is 0 Å².